The molecule has 0 aromatic carbocycles. The Balaban J connectivity index is 0.000000324. The molecule has 102 valence electrons. The standard InChI is InChI=1S/2C9H13.Zr/c2*1-3-5-9-7-4-6-8(9)2;/h2*7H,3-5H2,1-2H3;/q2*-1;+2. The Morgan fingerprint density at radius 2 is 1.21 bits per heavy atom. The number of hydrogen-bond donors (Lipinski definition) is 0. The van der Waals surface area contributed by atoms with Crippen LogP contribution in [-0.2, 0) is 26.2 Å². The van der Waals surface area contributed by atoms with Crippen molar-refractivity contribution < 1.29 is 26.2 Å². The average molecular weight is 334 g/mol. The maximum Gasteiger partial charge on any atom is 2.00 e. The Hall–Kier alpha value is -0.157. The van der Waals surface area contributed by atoms with Gasteiger partial charge in [0.1, 0.15) is 0 Å². The van der Waals surface area contributed by atoms with Gasteiger partial charge in [-0.05, 0) is 0 Å². The monoisotopic (exact) mass is 332 g/mol. The molecule has 0 N–H and O–H groups in total. The van der Waals surface area contributed by atoms with Crippen molar-refractivity contribution in [3.63, 3.8) is 0 Å². The van der Waals surface area contributed by atoms with Gasteiger partial charge in [-0.15, -0.1) is 12.8 Å². The van der Waals surface area contributed by atoms with Gasteiger partial charge in [-0.25, -0.2) is 11.1 Å². The zero-order valence-electron chi connectivity index (χ0n) is 12.9. The predicted octanol–water partition coefficient (Wildman–Crippen LogP) is 5.73. The van der Waals surface area contributed by atoms with E-state index in [1.54, 1.807) is 0 Å². The minimum absolute atomic E-state index is 0. The molecule has 2 aliphatic rings. The molecule has 0 spiro atoms. The fraction of sp³-hybridized carbons (Fsp3) is 0.556. The van der Waals surface area contributed by atoms with Crippen molar-refractivity contribution in [2.24, 2.45) is 0 Å². The summed E-state index contributed by atoms with van der Waals surface area (Å²) < 4.78 is 0. The first-order valence-corrected chi connectivity index (χ1v) is 7.22. The van der Waals surface area contributed by atoms with Crippen LogP contribution in [0.25, 0.3) is 0 Å². The zero-order valence-corrected chi connectivity index (χ0v) is 15.4. The average Bonchev–Trinajstić information content (AvgIpc) is 2.92. The van der Waals surface area contributed by atoms with Gasteiger partial charge in [-0.2, -0.15) is 23.3 Å². The summed E-state index contributed by atoms with van der Waals surface area (Å²) in [6, 6.07) is 0. The van der Waals surface area contributed by atoms with E-state index in [1.165, 1.54) is 48.0 Å². The van der Waals surface area contributed by atoms with Crippen LogP contribution in [0, 0.1) is 12.2 Å². The number of rotatable bonds is 4. The first kappa shape index (κ1) is 18.8. The summed E-state index contributed by atoms with van der Waals surface area (Å²) in [5.41, 5.74) is 5.77. The molecule has 0 heterocycles. The van der Waals surface area contributed by atoms with E-state index in [0.717, 1.165) is 12.8 Å². The third kappa shape index (κ3) is 6.71. The van der Waals surface area contributed by atoms with Crippen molar-refractivity contribution in [3.8, 4) is 0 Å². The molecule has 0 fully saturated rings. The summed E-state index contributed by atoms with van der Waals surface area (Å²) in [5.74, 6) is 0. The number of allylic oxidation sites excluding steroid dienone is 8. The molecule has 2 rings (SSSR count). The van der Waals surface area contributed by atoms with Crippen LogP contribution < -0.4 is 0 Å². The second-order valence-corrected chi connectivity index (χ2v) is 4.97. The van der Waals surface area contributed by atoms with Crippen LogP contribution in [-0.4, -0.2) is 0 Å². The largest absolute Gasteiger partial charge is 2.00 e. The van der Waals surface area contributed by atoms with Gasteiger partial charge in [-0.3, -0.25) is 12.2 Å². The Labute approximate surface area is 138 Å². The molecule has 0 radical (unpaired) electrons. The molecule has 0 aromatic rings. The SMILES string of the molecule is CCCC1=CC[C-]=C1C.CCCC1=CC[C-]=C1C.[Zr+2]. The summed E-state index contributed by atoms with van der Waals surface area (Å²) in [6.45, 7) is 8.72. The predicted molar refractivity (Wildman–Crippen MR) is 80.1 cm³/mol. The molecule has 0 aliphatic heterocycles. The minimum Gasteiger partial charge on any atom is -0.269 e. The van der Waals surface area contributed by atoms with Crippen LogP contribution in [0.1, 0.15) is 66.2 Å². The summed E-state index contributed by atoms with van der Waals surface area (Å²) in [7, 11) is 0. The summed E-state index contributed by atoms with van der Waals surface area (Å²) in [6.07, 6.45) is 18.2. The Morgan fingerprint density at radius 1 is 0.842 bits per heavy atom. The van der Waals surface area contributed by atoms with E-state index >= 15 is 0 Å². The first-order chi connectivity index (χ1) is 8.69. The molecule has 0 atom stereocenters. The molecule has 1 heteroatoms. The summed E-state index contributed by atoms with van der Waals surface area (Å²) in [4.78, 5) is 0. The molecule has 0 bridgehead atoms. The number of hydrogen-bond acceptors (Lipinski definition) is 0. The van der Waals surface area contributed by atoms with Gasteiger partial charge in [0.2, 0.25) is 0 Å². The minimum atomic E-state index is 0. The van der Waals surface area contributed by atoms with Crippen molar-refractivity contribution >= 4 is 0 Å². The van der Waals surface area contributed by atoms with Gasteiger partial charge in [-0.1, -0.05) is 53.4 Å². The third-order valence-electron chi connectivity index (χ3n) is 3.43. The van der Waals surface area contributed by atoms with Gasteiger partial charge in [0.05, 0.1) is 0 Å². The maximum atomic E-state index is 3.28. The molecule has 0 saturated heterocycles. The van der Waals surface area contributed by atoms with Crippen LogP contribution in [0.3, 0.4) is 0 Å². The summed E-state index contributed by atoms with van der Waals surface area (Å²) >= 11 is 0. The van der Waals surface area contributed by atoms with Crippen molar-refractivity contribution in [3.05, 3.63) is 46.6 Å². The smallest absolute Gasteiger partial charge is 0.269 e. The van der Waals surface area contributed by atoms with Crippen molar-refractivity contribution in [2.45, 2.75) is 66.2 Å². The molecule has 0 saturated carbocycles. The zero-order chi connectivity index (χ0) is 13.4. The van der Waals surface area contributed by atoms with Gasteiger partial charge >= 0.3 is 26.2 Å². The molecule has 0 unspecified atom stereocenters. The fourth-order valence-electron chi connectivity index (χ4n) is 2.31. The van der Waals surface area contributed by atoms with Gasteiger partial charge in [0, 0.05) is 0 Å². The van der Waals surface area contributed by atoms with Crippen molar-refractivity contribution in [2.75, 3.05) is 0 Å². The second kappa shape index (κ2) is 10.6. The van der Waals surface area contributed by atoms with E-state index in [0.29, 0.717) is 0 Å². The molecular formula is C18H26Zr. The van der Waals surface area contributed by atoms with Crippen LogP contribution in [0.4, 0.5) is 0 Å². The van der Waals surface area contributed by atoms with Crippen molar-refractivity contribution in [1.82, 2.24) is 0 Å². The van der Waals surface area contributed by atoms with Crippen LogP contribution >= 0.6 is 0 Å². The van der Waals surface area contributed by atoms with E-state index in [2.05, 4.69) is 52.0 Å². The Kier molecular flexibility index (Phi) is 10.5. The normalized spacial score (nSPS) is 16.6. The van der Waals surface area contributed by atoms with E-state index in [-0.39, 0.29) is 26.2 Å². The quantitative estimate of drug-likeness (QED) is 0.576. The van der Waals surface area contributed by atoms with Gasteiger partial charge < -0.3 is 0 Å². The second-order valence-electron chi connectivity index (χ2n) is 4.97. The van der Waals surface area contributed by atoms with E-state index in [4.69, 9.17) is 0 Å². The van der Waals surface area contributed by atoms with Gasteiger partial charge in [0.15, 0.2) is 0 Å². The fourth-order valence-corrected chi connectivity index (χ4v) is 2.31. The van der Waals surface area contributed by atoms with Crippen LogP contribution in [0.2, 0.25) is 0 Å². The molecule has 0 nitrogen and oxygen atoms in total. The van der Waals surface area contributed by atoms with E-state index in [9.17, 15) is 0 Å². The van der Waals surface area contributed by atoms with Gasteiger partial charge in [0.25, 0.3) is 0 Å². The van der Waals surface area contributed by atoms with Crippen molar-refractivity contribution in [1.29, 1.82) is 0 Å². The molecule has 2 aliphatic carbocycles. The topological polar surface area (TPSA) is 0 Å². The van der Waals surface area contributed by atoms with Crippen LogP contribution in [0.5, 0.6) is 0 Å². The molecule has 0 aromatic heterocycles. The first-order valence-electron chi connectivity index (χ1n) is 7.22. The Morgan fingerprint density at radius 3 is 1.42 bits per heavy atom. The molecular weight excluding hydrogens is 307 g/mol. The van der Waals surface area contributed by atoms with E-state index < -0.39 is 0 Å². The third-order valence-corrected chi connectivity index (χ3v) is 3.43. The molecule has 19 heavy (non-hydrogen) atoms. The maximum absolute atomic E-state index is 3.28. The van der Waals surface area contributed by atoms with Crippen LogP contribution in [0.15, 0.2) is 34.4 Å². The van der Waals surface area contributed by atoms with E-state index in [1.807, 2.05) is 0 Å². The Bertz CT molecular complexity index is 342. The summed E-state index contributed by atoms with van der Waals surface area (Å²) in [5, 5.41) is 0. The molecule has 0 amide bonds.